The number of quaternary nitrogens is 1. The number of anilines is 1. The fourth-order valence-corrected chi connectivity index (χ4v) is 2.18. The number of hydrogen-bond donors (Lipinski definition) is 3. The van der Waals surface area contributed by atoms with Crippen LogP contribution in [-0.4, -0.2) is 53.1 Å². The van der Waals surface area contributed by atoms with Crippen molar-refractivity contribution in [3.05, 3.63) is 42.5 Å². The first-order valence-corrected chi connectivity index (χ1v) is 7.61. The Morgan fingerprint density at radius 3 is 2.22 bits per heavy atom. The molecule has 6 heteroatoms. The molecule has 0 heterocycles. The van der Waals surface area contributed by atoms with Gasteiger partial charge in [0.1, 0.15) is 6.04 Å². The topological polar surface area (TPSA) is 65.9 Å². The molecule has 1 aromatic rings. The van der Waals surface area contributed by atoms with Crippen LogP contribution >= 0.6 is 0 Å². The number of nitrogens with one attached hydrogen (secondary N) is 3. The van der Waals surface area contributed by atoms with Crippen LogP contribution in [0.4, 0.5) is 5.69 Å². The molecule has 0 fully saturated rings. The zero-order valence-corrected chi connectivity index (χ0v) is 14.3. The molecule has 23 heavy (non-hydrogen) atoms. The lowest BCUT2D eigenvalue weighted by Gasteiger charge is -2.23. The maximum Gasteiger partial charge on any atom is 0.309 e. The van der Waals surface area contributed by atoms with Crippen LogP contribution in [0.2, 0.25) is 0 Å². The third-order valence-corrected chi connectivity index (χ3v) is 3.59. The summed E-state index contributed by atoms with van der Waals surface area (Å²) in [5.74, 6) is -1.26. The Kier molecular flexibility index (Phi) is 7.28. The third kappa shape index (κ3) is 5.75. The average Bonchev–Trinajstić information content (AvgIpc) is 2.52. The van der Waals surface area contributed by atoms with E-state index in [1.165, 1.54) is 11.0 Å². The van der Waals surface area contributed by atoms with Crippen molar-refractivity contribution in [1.29, 1.82) is 0 Å². The fraction of sp³-hybridized carbons (Fsp3) is 0.412. The van der Waals surface area contributed by atoms with Crippen molar-refractivity contribution in [3.8, 4) is 0 Å². The van der Waals surface area contributed by atoms with Crippen LogP contribution in [0.25, 0.3) is 0 Å². The van der Waals surface area contributed by atoms with E-state index in [1.807, 2.05) is 45.2 Å². The van der Waals surface area contributed by atoms with Crippen LogP contribution < -0.4 is 20.4 Å². The highest BCUT2D eigenvalue weighted by molar-refractivity contribution is 6.35. The molecule has 0 unspecified atom stereocenters. The molecule has 0 aliphatic heterocycles. The summed E-state index contributed by atoms with van der Waals surface area (Å²) in [5.41, 5.74) is 2.23. The predicted octanol–water partition coefficient (Wildman–Crippen LogP) is -0.643. The molecule has 0 bridgehead atoms. The number of carbonyl (C=O) groups is 2. The van der Waals surface area contributed by atoms with Crippen molar-refractivity contribution in [2.24, 2.45) is 0 Å². The molecule has 0 saturated heterocycles. The van der Waals surface area contributed by atoms with Gasteiger partial charge in [-0.25, -0.2) is 0 Å². The maximum absolute atomic E-state index is 11.8. The fourth-order valence-electron chi connectivity index (χ4n) is 2.18. The van der Waals surface area contributed by atoms with Crippen LogP contribution in [0.5, 0.6) is 0 Å². The van der Waals surface area contributed by atoms with Gasteiger partial charge in [0.2, 0.25) is 0 Å². The molecule has 1 aromatic carbocycles. The molecule has 0 aromatic heterocycles. The summed E-state index contributed by atoms with van der Waals surface area (Å²) in [6.07, 6.45) is 1.53. The monoisotopic (exact) mass is 319 g/mol. The molecule has 0 aliphatic rings. The molecular formula is C17H27N4O2+. The average molecular weight is 319 g/mol. The van der Waals surface area contributed by atoms with E-state index in [-0.39, 0.29) is 12.6 Å². The number of benzene rings is 1. The van der Waals surface area contributed by atoms with Gasteiger partial charge in [-0.15, -0.1) is 6.58 Å². The van der Waals surface area contributed by atoms with Gasteiger partial charge in [0.15, 0.2) is 0 Å². The third-order valence-electron chi connectivity index (χ3n) is 3.59. The molecule has 3 N–H and O–H groups in total. The van der Waals surface area contributed by atoms with Gasteiger partial charge in [0.05, 0.1) is 20.6 Å². The Labute approximate surface area is 138 Å². The van der Waals surface area contributed by atoms with Crippen LogP contribution in [0.3, 0.4) is 0 Å². The Hall–Kier alpha value is -2.34. The van der Waals surface area contributed by atoms with Gasteiger partial charge in [-0.3, -0.25) is 9.59 Å². The Bertz CT molecular complexity index is 538. The van der Waals surface area contributed by atoms with Gasteiger partial charge >= 0.3 is 11.8 Å². The first-order valence-electron chi connectivity index (χ1n) is 7.61. The summed E-state index contributed by atoms with van der Waals surface area (Å²) >= 11 is 0. The largest absolute Gasteiger partial charge is 0.378 e. The van der Waals surface area contributed by atoms with Gasteiger partial charge in [0, 0.05) is 31.9 Å². The van der Waals surface area contributed by atoms with Gasteiger partial charge in [-0.1, -0.05) is 18.2 Å². The molecular weight excluding hydrogens is 292 g/mol. The lowest BCUT2D eigenvalue weighted by Crippen LogP contribution is -3.07. The summed E-state index contributed by atoms with van der Waals surface area (Å²) in [6.45, 7) is 4.17. The van der Waals surface area contributed by atoms with Crippen LogP contribution in [0.1, 0.15) is 11.6 Å². The van der Waals surface area contributed by atoms with Gasteiger partial charge in [0.25, 0.3) is 0 Å². The van der Waals surface area contributed by atoms with Crippen LogP contribution in [0, 0.1) is 0 Å². The van der Waals surface area contributed by atoms with Gasteiger partial charge < -0.3 is 20.4 Å². The summed E-state index contributed by atoms with van der Waals surface area (Å²) in [7, 11) is 8.03. The van der Waals surface area contributed by atoms with E-state index in [2.05, 4.69) is 29.3 Å². The summed E-state index contributed by atoms with van der Waals surface area (Å²) in [4.78, 5) is 26.5. The predicted molar refractivity (Wildman–Crippen MR) is 92.5 cm³/mol. The molecule has 0 spiro atoms. The van der Waals surface area contributed by atoms with Crippen molar-refractivity contribution in [1.82, 2.24) is 10.6 Å². The van der Waals surface area contributed by atoms with Crippen molar-refractivity contribution >= 4 is 17.5 Å². The van der Waals surface area contributed by atoms with Crippen molar-refractivity contribution < 1.29 is 14.5 Å². The number of likely N-dealkylation sites (N-methyl/N-ethyl adjacent to an activating group) is 1. The summed E-state index contributed by atoms with van der Waals surface area (Å²) in [5, 5.41) is 5.16. The first kappa shape index (κ1) is 18.7. The highest BCUT2D eigenvalue weighted by Gasteiger charge is 2.21. The minimum atomic E-state index is -0.639. The summed E-state index contributed by atoms with van der Waals surface area (Å²) < 4.78 is 0. The normalized spacial score (nSPS) is 11.7. The summed E-state index contributed by atoms with van der Waals surface area (Å²) in [6, 6.07) is 8.27. The van der Waals surface area contributed by atoms with Crippen LogP contribution in [0.15, 0.2) is 36.9 Å². The van der Waals surface area contributed by atoms with Gasteiger partial charge in [-0.05, 0) is 12.1 Å². The van der Waals surface area contributed by atoms with E-state index in [4.69, 9.17) is 0 Å². The lowest BCUT2D eigenvalue weighted by molar-refractivity contribution is -0.890. The first-order chi connectivity index (χ1) is 10.9. The van der Waals surface area contributed by atoms with E-state index >= 15 is 0 Å². The second-order valence-corrected chi connectivity index (χ2v) is 5.82. The SMILES string of the molecule is C=CCNC(=O)C(=O)NC[C@@H](c1ccc(N(C)C)cc1)[NH+](C)C. The van der Waals surface area contributed by atoms with Crippen molar-refractivity contribution in [2.45, 2.75) is 6.04 Å². The molecule has 1 atom stereocenters. The minimum absolute atomic E-state index is 0.0716. The van der Waals surface area contributed by atoms with Crippen molar-refractivity contribution in [2.75, 3.05) is 46.2 Å². The van der Waals surface area contributed by atoms with Crippen LogP contribution in [-0.2, 0) is 9.59 Å². The Morgan fingerprint density at radius 1 is 1.17 bits per heavy atom. The standard InChI is InChI=1S/C17H26N4O2/c1-6-11-18-16(22)17(23)19-12-15(21(4)5)13-7-9-14(10-8-13)20(2)3/h6-10,15H,1,11-12H2,2-5H3,(H,18,22)(H,19,23)/p+1/t15-/m0/s1. The molecule has 0 aliphatic carbocycles. The number of carbonyl (C=O) groups excluding carboxylic acids is 2. The molecule has 1 rings (SSSR count). The second-order valence-electron chi connectivity index (χ2n) is 5.82. The molecule has 0 saturated carbocycles. The van der Waals surface area contributed by atoms with E-state index in [9.17, 15) is 9.59 Å². The van der Waals surface area contributed by atoms with E-state index in [0.29, 0.717) is 6.54 Å². The number of nitrogens with zero attached hydrogens (tertiary/aromatic N) is 1. The second kappa shape index (κ2) is 8.95. The highest BCUT2D eigenvalue weighted by atomic mass is 16.2. The smallest absolute Gasteiger partial charge is 0.309 e. The Balaban J connectivity index is 2.70. The number of amides is 2. The van der Waals surface area contributed by atoms with E-state index < -0.39 is 11.8 Å². The number of hydrogen-bond acceptors (Lipinski definition) is 3. The van der Waals surface area contributed by atoms with E-state index in [1.54, 1.807) is 0 Å². The van der Waals surface area contributed by atoms with E-state index in [0.717, 1.165) is 11.3 Å². The zero-order valence-electron chi connectivity index (χ0n) is 14.3. The van der Waals surface area contributed by atoms with Crippen molar-refractivity contribution in [3.63, 3.8) is 0 Å². The zero-order chi connectivity index (χ0) is 17.4. The molecule has 2 amide bonds. The lowest BCUT2D eigenvalue weighted by atomic mass is 10.1. The molecule has 126 valence electrons. The Morgan fingerprint density at radius 2 is 1.74 bits per heavy atom. The quantitative estimate of drug-likeness (QED) is 0.462. The molecule has 0 radical (unpaired) electrons. The highest BCUT2D eigenvalue weighted by Crippen LogP contribution is 2.15. The maximum atomic E-state index is 11.8. The number of rotatable bonds is 7. The minimum Gasteiger partial charge on any atom is -0.378 e. The molecule has 6 nitrogen and oxygen atoms in total. The van der Waals surface area contributed by atoms with Gasteiger partial charge in [-0.2, -0.15) is 0 Å².